The van der Waals surface area contributed by atoms with E-state index in [4.69, 9.17) is 25.3 Å². The molecule has 24 heteroatoms. The molecule has 4 aromatic rings. The largest absolute Gasteiger partial charge is 0.476 e. The quantitative estimate of drug-likeness (QED) is 0.0138. The van der Waals surface area contributed by atoms with Crippen LogP contribution < -0.4 is 31.9 Å². The molecule has 5 atom stereocenters. The number of pyridine rings is 1. The third-order valence-electron chi connectivity index (χ3n) is 17.2. The molecule has 90 heavy (non-hydrogen) atoms. The van der Waals surface area contributed by atoms with Crippen LogP contribution in [-0.4, -0.2) is 146 Å². The van der Waals surface area contributed by atoms with Crippen LogP contribution in [0.4, 0.5) is 21.1 Å². The Kier molecular flexibility index (Phi) is 24.3. The first-order valence-electron chi connectivity index (χ1n) is 31.2. The van der Waals surface area contributed by atoms with Crippen LogP contribution in [0.3, 0.4) is 0 Å². The molecular formula is C66H92N11O12P. The van der Waals surface area contributed by atoms with Crippen molar-refractivity contribution >= 4 is 67.9 Å². The molecule has 23 nitrogen and oxygen atoms in total. The summed E-state index contributed by atoms with van der Waals surface area (Å²) in [5.74, 6) is -3.02. The van der Waals surface area contributed by atoms with Crippen molar-refractivity contribution in [1.82, 2.24) is 40.5 Å². The number of carboxylic acids is 1. The van der Waals surface area contributed by atoms with Gasteiger partial charge in [0.1, 0.15) is 24.5 Å². The molecule has 1 aliphatic carbocycles. The Morgan fingerprint density at radius 2 is 1.64 bits per heavy atom. The van der Waals surface area contributed by atoms with Crippen LogP contribution in [0.5, 0.6) is 0 Å². The number of nitrogens with two attached hydrogens (primary N) is 1. The third-order valence-corrected chi connectivity index (χ3v) is 17.7. The molecular weight excluding hydrogens is 1170 g/mol. The molecule has 1 fully saturated rings. The third kappa shape index (κ3) is 19.1. The number of nitrogens with zero attached hydrogens (tertiary/aromatic N) is 6. The van der Waals surface area contributed by atoms with Crippen molar-refractivity contribution in [1.29, 1.82) is 0 Å². The van der Waals surface area contributed by atoms with Crippen LogP contribution in [0.25, 0.3) is 11.1 Å². The molecule has 0 saturated heterocycles. The minimum atomic E-state index is -1.10. The van der Waals surface area contributed by atoms with E-state index in [1.807, 2.05) is 23.7 Å². The van der Waals surface area contributed by atoms with Crippen LogP contribution >= 0.6 is 8.81 Å². The highest BCUT2D eigenvalue weighted by atomic mass is 31.1. The molecule has 0 spiro atoms. The lowest BCUT2D eigenvalue weighted by molar-refractivity contribution is -0.137. The molecule has 0 bridgehead atoms. The van der Waals surface area contributed by atoms with E-state index >= 15 is 0 Å². The highest BCUT2D eigenvalue weighted by Gasteiger charge is 2.50. The van der Waals surface area contributed by atoms with Gasteiger partial charge in [0.25, 0.3) is 11.8 Å². The number of hydrogen-bond donors (Lipinski definition) is 7. The van der Waals surface area contributed by atoms with E-state index in [1.165, 1.54) is 33.7 Å². The number of aromatic carboxylic acids is 1. The van der Waals surface area contributed by atoms with Gasteiger partial charge in [0, 0.05) is 102 Å². The van der Waals surface area contributed by atoms with Gasteiger partial charge in [-0.2, -0.15) is 5.10 Å². The van der Waals surface area contributed by atoms with Crippen molar-refractivity contribution in [2.45, 2.75) is 164 Å². The van der Waals surface area contributed by atoms with Gasteiger partial charge in [-0.1, -0.05) is 85.2 Å². The summed E-state index contributed by atoms with van der Waals surface area (Å²) in [7, 11) is -0.378. The number of benzene rings is 2. The Balaban J connectivity index is 0.905. The molecule has 8 N–H and O–H groups in total. The lowest BCUT2D eigenvalue weighted by Crippen LogP contribution is -2.54. The Labute approximate surface area is 529 Å². The molecule has 8 amide bonds. The summed E-state index contributed by atoms with van der Waals surface area (Å²) >= 11 is 0. The molecule has 2 aliphatic heterocycles. The number of fused-ring (bicyclic) bond motifs is 1. The number of aromatic nitrogens is 3. The van der Waals surface area contributed by atoms with Crippen molar-refractivity contribution in [2.75, 3.05) is 55.7 Å². The molecule has 7 rings (SSSR count). The van der Waals surface area contributed by atoms with Crippen molar-refractivity contribution in [3.63, 3.8) is 0 Å². The standard InChI is InChI=1S/C66H92N11O12P/c1-42(2)57(73-54(78)18-11-10-12-29-76-55(79)25-26-56(76)80)60(82)71-51(17-14-28-68-62(67)85)59(81)70-47-21-19-45(20-22-47)38-89-63(86)74(32-34-90-87)31-33-88-52-35-64(5,6)39-66(52,9)40-65(7,8)41-77-44(4)49(36-69-77)48-23-24-53(72-58(48)61(83)84)75-30-27-46-16-13-15-43(3)50(46)37-75/h13,15-16,19-26,36,42,51-52,57,87,90H,10-12,14,17-18,27-35,37-41H2,1-9H3,(H,70,81)(H,71,82)(H,73,78)(H,83,84)(H3,67,68,85)/t51?,52?,57-,66?/m0/s1. The number of nitrogens with one attached hydrogen (secondary N) is 4. The summed E-state index contributed by atoms with van der Waals surface area (Å²) in [5.41, 5.74) is 11.6. The molecule has 2 aromatic heterocycles. The number of carbonyl (C=O) groups is 8. The first-order valence-corrected chi connectivity index (χ1v) is 32.4. The number of unbranched alkanes of at least 4 members (excludes halogenated alkanes) is 2. The zero-order chi connectivity index (χ0) is 65.5. The van der Waals surface area contributed by atoms with E-state index in [0.717, 1.165) is 48.4 Å². The van der Waals surface area contributed by atoms with Gasteiger partial charge in [0.15, 0.2) is 5.69 Å². The zero-order valence-electron chi connectivity index (χ0n) is 53.6. The normalized spacial score (nSPS) is 17.8. The highest BCUT2D eigenvalue weighted by molar-refractivity contribution is 7.31. The van der Waals surface area contributed by atoms with Gasteiger partial charge >= 0.3 is 18.1 Å². The first-order chi connectivity index (χ1) is 42.7. The maximum absolute atomic E-state index is 13.8. The van der Waals surface area contributed by atoms with Crippen molar-refractivity contribution in [3.8, 4) is 11.1 Å². The lowest BCUT2D eigenvalue weighted by atomic mass is 9.70. The van der Waals surface area contributed by atoms with Crippen LogP contribution in [-0.2, 0) is 59.6 Å². The maximum atomic E-state index is 13.8. The fraction of sp³-hybridized carbons (Fsp3) is 0.545. The number of urea groups is 1. The second-order valence-corrected chi connectivity index (χ2v) is 27.2. The number of hydrogen-bond acceptors (Lipinski definition) is 14. The van der Waals surface area contributed by atoms with Gasteiger partial charge in [0.05, 0.1) is 18.9 Å². The molecule has 3 aliphatic rings. The van der Waals surface area contributed by atoms with Gasteiger partial charge in [-0.25, -0.2) is 19.4 Å². The number of rotatable bonds is 32. The summed E-state index contributed by atoms with van der Waals surface area (Å²) in [4.78, 5) is 121. The average Bonchev–Trinajstić information content (AvgIpc) is 1.56. The summed E-state index contributed by atoms with van der Waals surface area (Å²) in [6.07, 6.45) is 9.30. The number of amides is 8. The Morgan fingerprint density at radius 1 is 0.911 bits per heavy atom. The van der Waals surface area contributed by atoms with Gasteiger partial charge in [-0.05, 0) is 134 Å². The number of carbonyl (C=O) groups excluding carboxylic acids is 7. The number of aryl methyl sites for hydroxylation is 1. The van der Waals surface area contributed by atoms with E-state index in [-0.39, 0.29) is 119 Å². The van der Waals surface area contributed by atoms with E-state index in [0.29, 0.717) is 61.1 Å². The fourth-order valence-corrected chi connectivity index (χ4v) is 13.4. The number of anilines is 2. The van der Waals surface area contributed by atoms with Gasteiger partial charge < -0.3 is 56.3 Å². The minimum Gasteiger partial charge on any atom is -0.476 e. The smallest absolute Gasteiger partial charge is 0.410 e. The Hall–Kier alpha value is -7.75. The van der Waals surface area contributed by atoms with E-state index in [1.54, 1.807) is 44.3 Å². The number of carboxylic acid groups (broad SMARTS) is 1. The predicted octanol–water partition coefficient (Wildman–Crippen LogP) is 8.17. The molecule has 4 unspecified atom stereocenters. The van der Waals surface area contributed by atoms with Crippen molar-refractivity contribution in [2.24, 2.45) is 27.9 Å². The van der Waals surface area contributed by atoms with Gasteiger partial charge in [-0.15, -0.1) is 0 Å². The molecule has 2 aromatic carbocycles. The number of imide groups is 1. The van der Waals surface area contributed by atoms with Crippen molar-refractivity contribution < 1.29 is 57.8 Å². The predicted molar refractivity (Wildman–Crippen MR) is 344 cm³/mol. The molecule has 488 valence electrons. The Morgan fingerprint density at radius 3 is 2.33 bits per heavy atom. The van der Waals surface area contributed by atoms with Crippen molar-refractivity contribution in [3.05, 3.63) is 107 Å². The van der Waals surface area contributed by atoms with E-state index in [2.05, 4.69) is 85.9 Å². The number of primary amides is 1. The lowest BCUT2D eigenvalue weighted by Gasteiger charge is -2.39. The second kappa shape index (κ2) is 31.3. The summed E-state index contributed by atoms with van der Waals surface area (Å²) in [6, 6.07) is 14.0. The minimum absolute atomic E-state index is 0.00892. The van der Waals surface area contributed by atoms with E-state index in [9.17, 15) is 48.4 Å². The van der Waals surface area contributed by atoms with Crippen LogP contribution in [0.15, 0.2) is 72.9 Å². The van der Waals surface area contributed by atoms with Gasteiger partial charge in [0.2, 0.25) is 17.7 Å². The Bertz CT molecular complexity index is 3240. The topological polar surface area (TPSA) is 310 Å². The summed E-state index contributed by atoms with van der Waals surface area (Å²) in [6.45, 7) is 21.8. The second-order valence-electron chi connectivity index (χ2n) is 26.3. The monoisotopic (exact) mass is 1260 g/mol. The molecule has 4 heterocycles. The average molecular weight is 1260 g/mol. The zero-order valence-corrected chi connectivity index (χ0v) is 54.6. The van der Waals surface area contributed by atoms with Crippen LogP contribution in [0, 0.1) is 36.0 Å². The maximum Gasteiger partial charge on any atom is 0.410 e. The number of ether oxygens (including phenoxy) is 2. The first kappa shape index (κ1) is 69.7. The highest BCUT2D eigenvalue weighted by Crippen LogP contribution is 2.55. The van der Waals surface area contributed by atoms with E-state index < -0.39 is 42.0 Å². The fourth-order valence-electron chi connectivity index (χ4n) is 13.0. The van der Waals surface area contributed by atoms with Crippen LogP contribution in [0.1, 0.15) is 145 Å². The van der Waals surface area contributed by atoms with Gasteiger partial charge in [-0.3, -0.25) is 33.6 Å². The van der Waals surface area contributed by atoms with Crippen LogP contribution in [0.2, 0.25) is 0 Å². The summed E-state index contributed by atoms with van der Waals surface area (Å²) < 4.78 is 14.5. The molecule has 1 saturated carbocycles. The molecule has 0 radical (unpaired) electrons. The SMILES string of the molecule is Cc1cccc2c1CN(c1ccc(-c3cnn(CC(C)(C)CC4(C)CC(C)(C)CC4OCCN(CCPO)C(=O)OCc4ccc(NC(=O)C(CCCNC(N)=O)NC(=O)[C@@H](NC(=O)CCCCCN5C(=O)C=CC5=O)C(C)C)cc4)c3C)c(C(=O)O)n1)CC2. The summed E-state index contributed by atoms with van der Waals surface area (Å²) in [5, 5.41) is 26.2.